The normalized spacial score (nSPS) is 23.1. The van der Waals surface area contributed by atoms with Crippen LogP contribution in [0.5, 0.6) is 0 Å². The molecule has 2 N–H and O–H groups in total. The van der Waals surface area contributed by atoms with Crippen LogP contribution in [0.3, 0.4) is 0 Å². The molecule has 0 unspecified atom stereocenters. The van der Waals surface area contributed by atoms with Crippen molar-refractivity contribution in [1.82, 2.24) is 20.2 Å². The van der Waals surface area contributed by atoms with Crippen molar-refractivity contribution in [2.45, 2.75) is 44.3 Å². The van der Waals surface area contributed by atoms with Crippen LogP contribution < -0.4 is 9.80 Å². The van der Waals surface area contributed by atoms with Crippen LogP contribution in [0.2, 0.25) is 0 Å². The standard InChI is InChI=1S/C24H29FN6/c25-21-12-10-20(11-13-21)23(30-16-14-29(15-17-30)22-8-4-5-9-22)24-26-27-28-31(24)18-19-6-2-1-3-7-19/h1-3,6-7,10-13,22-23H,4-5,8-9,14-18H2/p+2/t23-/m1/s1. The summed E-state index contributed by atoms with van der Waals surface area (Å²) in [6, 6.07) is 18.0. The molecule has 6 nitrogen and oxygen atoms in total. The molecular formula is C24H31FN6+2. The minimum absolute atomic E-state index is 0.00411. The summed E-state index contributed by atoms with van der Waals surface area (Å²) in [4.78, 5) is 3.24. The van der Waals surface area contributed by atoms with E-state index >= 15 is 0 Å². The van der Waals surface area contributed by atoms with Crippen LogP contribution in [-0.4, -0.2) is 52.4 Å². The Morgan fingerprint density at radius 1 is 0.935 bits per heavy atom. The summed E-state index contributed by atoms with van der Waals surface area (Å²) in [6.07, 6.45) is 5.52. The average molecular weight is 423 g/mol. The highest BCUT2D eigenvalue weighted by Crippen LogP contribution is 2.19. The third kappa shape index (κ3) is 4.52. The molecule has 1 aliphatic heterocycles. The quantitative estimate of drug-likeness (QED) is 0.614. The summed E-state index contributed by atoms with van der Waals surface area (Å²) in [5.41, 5.74) is 2.24. The molecular weight excluding hydrogens is 391 g/mol. The van der Waals surface area contributed by atoms with Gasteiger partial charge in [0.2, 0.25) is 5.82 Å². The Balaban J connectivity index is 1.41. The molecule has 2 fully saturated rings. The molecule has 0 bridgehead atoms. The number of benzene rings is 2. The van der Waals surface area contributed by atoms with E-state index in [1.54, 1.807) is 17.0 Å². The summed E-state index contributed by atoms with van der Waals surface area (Å²) in [7, 11) is 0. The van der Waals surface area contributed by atoms with Crippen molar-refractivity contribution in [2.24, 2.45) is 0 Å². The van der Waals surface area contributed by atoms with Crippen LogP contribution in [0.25, 0.3) is 0 Å². The highest BCUT2D eigenvalue weighted by atomic mass is 19.1. The lowest BCUT2D eigenvalue weighted by Gasteiger charge is -2.36. The molecule has 1 aliphatic carbocycles. The minimum Gasteiger partial charge on any atom is -0.323 e. The molecule has 31 heavy (non-hydrogen) atoms. The SMILES string of the molecule is Fc1ccc([C@H](c2nnnn2Cc2ccccc2)[NH+]2CC[NH+](C3CCCC3)CC2)cc1. The molecule has 3 aromatic rings. The van der Waals surface area contributed by atoms with E-state index in [1.165, 1.54) is 49.2 Å². The molecule has 0 spiro atoms. The molecule has 162 valence electrons. The van der Waals surface area contributed by atoms with Gasteiger partial charge in [0.05, 0.1) is 12.6 Å². The first kappa shape index (κ1) is 20.3. The van der Waals surface area contributed by atoms with Gasteiger partial charge in [-0.25, -0.2) is 9.07 Å². The number of halogens is 1. The fraction of sp³-hybridized carbons (Fsp3) is 0.458. The molecule has 7 heteroatoms. The van der Waals surface area contributed by atoms with Gasteiger partial charge >= 0.3 is 0 Å². The zero-order chi connectivity index (χ0) is 21.0. The van der Waals surface area contributed by atoms with Crippen LogP contribution in [0, 0.1) is 5.82 Å². The second-order valence-electron chi connectivity index (χ2n) is 8.96. The molecule has 1 aromatic heterocycles. The number of nitrogens with zero attached hydrogens (tertiary/aromatic N) is 4. The maximum absolute atomic E-state index is 13.7. The number of hydrogen-bond acceptors (Lipinski definition) is 3. The lowest BCUT2D eigenvalue weighted by atomic mass is 10.0. The number of nitrogens with one attached hydrogen (secondary N) is 2. The van der Waals surface area contributed by atoms with Gasteiger partial charge in [0.1, 0.15) is 32.0 Å². The van der Waals surface area contributed by atoms with Crippen LogP contribution in [-0.2, 0) is 6.54 Å². The van der Waals surface area contributed by atoms with Crippen molar-refractivity contribution in [2.75, 3.05) is 26.2 Å². The van der Waals surface area contributed by atoms with E-state index in [0.29, 0.717) is 6.54 Å². The molecule has 1 atom stereocenters. The van der Waals surface area contributed by atoms with Crippen molar-refractivity contribution in [3.63, 3.8) is 0 Å². The fourth-order valence-electron chi connectivity index (χ4n) is 5.43. The average Bonchev–Trinajstić information content (AvgIpc) is 3.50. The second-order valence-corrected chi connectivity index (χ2v) is 8.96. The summed E-state index contributed by atoms with van der Waals surface area (Å²) in [5, 5.41) is 12.8. The second kappa shape index (κ2) is 9.24. The minimum atomic E-state index is -0.211. The summed E-state index contributed by atoms with van der Waals surface area (Å²) in [6.45, 7) is 5.14. The molecule has 1 saturated heterocycles. The lowest BCUT2D eigenvalue weighted by Crippen LogP contribution is -3.29. The number of rotatable bonds is 6. The fourth-order valence-corrected chi connectivity index (χ4v) is 5.43. The van der Waals surface area contributed by atoms with Crippen molar-refractivity contribution >= 4 is 0 Å². The first-order chi connectivity index (χ1) is 15.3. The zero-order valence-corrected chi connectivity index (χ0v) is 17.9. The van der Waals surface area contributed by atoms with Gasteiger partial charge in [0.15, 0.2) is 6.04 Å². The topological polar surface area (TPSA) is 52.5 Å². The predicted octanol–water partition coefficient (Wildman–Crippen LogP) is 0.676. The van der Waals surface area contributed by atoms with Crippen molar-refractivity contribution in [3.05, 3.63) is 77.4 Å². The van der Waals surface area contributed by atoms with Crippen molar-refractivity contribution < 1.29 is 14.2 Å². The van der Waals surface area contributed by atoms with Gasteiger partial charge in [-0.05, 0) is 65.9 Å². The number of tetrazole rings is 1. The van der Waals surface area contributed by atoms with Crippen molar-refractivity contribution in [3.8, 4) is 0 Å². The third-order valence-electron chi connectivity index (χ3n) is 7.07. The molecule has 0 amide bonds. The van der Waals surface area contributed by atoms with Gasteiger partial charge < -0.3 is 9.80 Å². The Kier molecular flexibility index (Phi) is 6.04. The van der Waals surface area contributed by atoms with E-state index in [4.69, 9.17) is 0 Å². The monoisotopic (exact) mass is 422 g/mol. The van der Waals surface area contributed by atoms with E-state index in [-0.39, 0.29) is 11.9 Å². The Hall–Kier alpha value is -2.64. The molecule has 2 aromatic carbocycles. The number of aromatic nitrogens is 4. The summed E-state index contributed by atoms with van der Waals surface area (Å²) < 4.78 is 15.6. The molecule has 2 aliphatic rings. The predicted molar refractivity (Wildman–Crippen MR) is 115 cm³/mol. The summed E-state index contributed by atoms with van der Waals surface area (Å²) in [5.74, 6) is 0.645. The lowest BCUT2D eigenvalue weighted by molar-refractivity contribution is -1.03. The van der Waals surface area contributed by atoms with E-state index in [1.807, 2.05) is 35.0 Å². The molecule has 5 rings (SSSR count). The first-order valence-electron chi connectivity index (χ1n) is 11.5. The summed E-state index contributed by atoms with van der Waals surface area (Å²) >= 11 is 0. The van der Waals surface area contributed by atoms with Gasteiger partial charge in [-0.15, -0.1) is 5.10 Å². The van der Waals surface area contributed by atoms with Crippen molar-refractivity contribution in [1.29, 1.82) is 0 Å². The van der Waals surface area contributed by atoms with Crippen LogP contribution in [0.4, 0.5) is 4.39 Å². The Bertz CT molecular complexity index is 959. The van der Waals surface area contributed by atoms with Crippen LogP contribution >= 0.6 is 0 Å². The number of piperazine rings is 1. The van der Waals surface area contributed by atoms with Crippen LogP contribution in [0.15, 0.2) is 54.6 Å². The highest BCUT2D eigenvalue weighted by molar-refractivity contribution is 5.23. The van der Waals surface area contributed by atoms with Gasteiger partial charge in [0.25, 0.3) is 0 Å². The number of hydrogen-bond donors (Lipinski definition) is 2. The van der Waals surface area contributed by atoms with Gasteiger partial charge in [0, 0.05) is 5.56 Å². The van der Waals surface area contributed by atoms with Crippen LogP contribution in [0.1, 0.15) is 48.7 Å². The van der Waals surface area contributed by atoms with Gasteiger partial charge in [-0.3, -0.25) is 0 Å². The molecule has 2 heterocycles. The maximum atomic E-state index is 13.7. The Morgan fingerprint density at radius 2 is 1.65 bits per heavy atom. The maximum Gasteiger partial charge on any atom is 0.214 e. The van der Waals surface area contributed by atoms with Gasteiger partial charge in [-0.2, -0.15) is 0 Å². The molecule has 0 radical (unpaired) electrons. The Labute approximate surface area is 182 Å². The van der Waals surface area contributed by atoms with E-state index in [0.717, 1.165) is 30.5 Å². The largest absolute Gasteiger partial charge is 0.323 e. The van der Waals surface area contributed by atoms with E-state index in [2.05, 4.69) is 27.7 Å². The van der Waals surface area contributed by atoms with Gasteiger partial charge in [-0.1, -0.05) is 30.3 Å². The zero-order valence-electron chi connectivity index (χ0n) is 17.9. The van der Waals surface area contributed by atoms with E-state index < -0.39 is 0 Å². The number of quaternary nitrogens is 2. The smallest absolute Gasteiger partial charge is 0.214 e. The Morgan fingerprint density at radius 3 is 2.35 bits per heavy atom. The first-order valence-corrected chi connectivity index (χ1v) is 11.5. The third-order valence-corrected chi connectivity index (χ3v) is 7.07. The molecule has 1 saturated carbocycles. The van der Waals surface area contributed by atoms with E-state index in [9.17, 15) is 4.39 Å². The highest BCUT2D eigenvalue weighted by Gasteiger charge is 2.38.